The molecule has 0 saturated carbocycles. The Bertz CT molecular complexity index is 1970. The SMILES string of the molecule is COCC1O[C@@H](O[C@H]2C(OC)C(OC)[C@@H](O[C@H]3C(OC)C(OC)[C@H](O[C@H]4C5CO[C@H](O5)C(N=[N+]=[N-])[C@@H]4OC)O[C@H]3COC)O[C@H]2COC)[C@@H](OC)C(OC)[C@@H]1O[C@@H]1OC(COC(=O)c2ccccc2)[C@@H](O)C(OC)[C@@H]1OC. The largest absolute Gasteiger partial charge is 0.459 e. The zero-order chi connectivity index (χ0) is 55.3. The lowest BCUT2D eigenvalue weighted by Gasteiger charge is -2.52. The summed E-state index contributed by atoms with van der Waals surface area (Å²) in [4.78, 5) is 15.9. The number of rotatable bonds is 27. The first-order valence-corrected chi connectivity index (χ1v) is 25.1. The maximum absolute atomic E-state index is 12.9. The molecule has 6 heterocycles. The molecule has 438 valence electrons. The second kappa shape index (κ2) is 29.7. The average molecular weight is 1110 g/mol. The number of ether oxygens (including phenoxy) is 23. The number of hydrogen-bond acceptors (Lipinski definition) is 26. The molecule has 28 heteroatoms. The number of fused-ring (bicyclic) bond motifs is 2. The monoisotopic (exact) mass is 1110 g/mol. The first kappa shape index (κ1) is 61.7. The molecule has 0 amide bonds. The molecule has 0 aromatic heterocycles. The second-order valence-corrected chi connectivity index (χ2v) is 18.8. The summed E-state index contributed by atoms with van der Waals surface area (Å²) in [5.41, 5.74) is 9.67. The number of azide groups is 1. The number of carbonyl (C=O) groups excluding carboxylic acids is 1. The predicted molar refractivity (Wildman–Crippen MR) is 257 cm³/mol. The highest BCUT2D eigenvalue weighted by atomic mass is 16.8. The van der Waals surface area contributed by atoms with E-state index < -0.39 is 159 Å². The summed E-state index contributed by atoms with van der Waals surface area (Å²) >= 11 is 0. The molecule has 2 bridgehead atoms. The summed E-state index contributed by atoms with van der Waals surface area (Å²) in [6.07, 6.45) is -23.4. The molecule has 6 aliphatic heterocycles. The maximum atomic E-state index is 12.9. The van der Waals surface area contributed by atoms with E-state index in [4.69, 9.17) is 109 Å². The molecule has 1 N–H and O–H groups in total. The van der Waals surface area contributed by atoms with E-state index in [1.165, 1.54) is 85.3 Å². The lowest BCUT2D eigenvalue weighted by Crippen LogP contribution is -2.69. The lowest BCUT2D eigenvalue weighted by atomic mass is 9.94. The molecule has 10 unspecified atom stereocenters. The number of hydrogen-bond donors (Lipinski definition) is 1. The fourth-order valence-electron chi connectivity index (χ4n) is 11.0. The fraction of sp³-hybridized carbons (Fsp3) is 0.857. The summed E-state index contributed by atoms with van der Waals surface area (Å²) in [5.74, 6) is -0.614. The summed E-state index contributed by atoms with van der Waals surface area (Å²) in [5, 5.41) is 15.3. The van der Waals surface area contributed by atoms with Crippen molar-refractivity contribution in [3.05, 3.63) is 46.3 Å². The van der Waals surface area contributed by atoms with Gasteiger partial charge in [-0.15, -0.1) is 0 Å². The minimum Gasteiger partial charge on any atom is -0.459 e. The molecule has 6 aliphatic rings. The lowest BCUT2D eigenvalue weighted by molar-refractivity contribution is -0.396. The number of aliphatic hydroxyl groups is 1. The van der Waals surface area contributed by atoms with Gasteiger partial charge >= 0.3 is 5.97 Å². The fourth-order valence-corrected chi connectivity index (χ4v) is 11.0. The standard InChI is InChI=1S/C49H77N3O25/c1-55-18-25-32(75-46-40(63-9)36(59-5)30(53)24(69-46)21-67-44(54)23-16-14-13-15-17-23)37(60-6)42(65-11)48(72-25)77-34-27(20-57-3)73-49(43(66-12)39(34)62-8)76-33-26(19-56-2)71-47(41(64-10)38(33)61-7)74-31-28-22-68-45(70-28)29(51-52-50)35(31)58-4/h13-17,24-43,45-49,53H,18-22H2,1-12H3/t24?,25?,26-,27-,28?,29?,30+,31-,32+,33+,34+,35-,36?,37?,38?,39?,40-,41?,42-,43?,45+,46-,47-,48-,49+/m0/s1. The smallest absolute Gasteiger partial charge is 0.338 e. The molecular formula is C49H77N3O25. The van der Waals surface area contributed by atoms with Crippen LogP contribution in [-0.4, -0.2) is 283 Å². The molecule has 0 spiro atoms. The molecule has 6 saturated heterocycles. The van der Waals surface area contributed by atoms with E-state index in [1.807, 2.05) is 0 Å². The van der Waals surface area contributed by atoms with Crippen LogP contribution in [0.5, 0.6) is 0 Å². The van der Waals surface area contributed by atoms with Crippen molar-refractivity contribution < 1.29 is 119 Å². The number of nitrogens with zero attached hydrogens (tertiary/aromatic N) is 3. The van der Waals surface area contributed by atoms with Crippen LogP contribution < -0.4 is 0 Å². The van der Waals surface area contributed by atoms with Gasteiger partial charge in [0.25, 0.3) is 0 Å². The van der Waals surface area contributed by atoms with Crippen molar-refractivity contribution >= 4 is 5.97 Å². The molecule has 1 aromatic rings. The van der Waals surface area contributed by atoms with E-state index in [0.717, 1.165) is 0 Å². The summed E-state index contributed by atoms with van der Waals surface area (Å²) < 4.78 is 142. The van der Waals surface area contributed by atoms with Gasteiger partial charge in [0, 0.05) is 90.2 Å². The Hall–Kier alpha value is -2.92. The molecule has 7 rings (SSSR count). The first-order chi connectivity index (χ1) is 37.5. The van der Waals surface area contributed by atoms with E-state index in [2.05, 4.69) is 10.0 Å². The van der Waals surface area contributed by atoms with Gasteiger partial charge in [-0.2, -0.15) is 0 Å². The molecule has 1 aromatic carbocycles. The van der Waals surface area contributed by atoms with Crippen molar-refractivity contribution in [1.29, 1.82) is 0 Å². The molecule has 6 fully saturated rings. The first-order valence-electron chi connectivity index (χ1n) is 25.1. The number of carbonyl (C=O) groups is 1. The van der Waals surface area contributed by atoms with Gasteiger partial charge in [-0.3, -0.25) is 0 Å². The zero-order valence-electron chi connectivity index (χ0n) is 45.4. The van der Waals surface area contributed by atoms with Gasteiger partial charge in [0.2, 0.25) is 0 Å². The van der Waals surface area contributed by atoms with Gasteiger partial charge in [-0.1, -0.05) is 23.3 Å². The van der Waals surface area contributed by atoms with Crippen LogP contribution in [0.25, 0.3) is 10.4 Å². The van der Waals surface area contributed by atoms with Crippen LogP contribution in [0.15, 0.2) is 35.4 Å². The third kappa shape index (κ3) is 13.5. The van der Waals surface area contributed by atoms with Crippen molar-refractivity contribution in [3.8, 4) is 0 Å². The van der Waals surface area contributed by atoms with Gasteiger partial charge in [0.1, 0.15) is 123 Å². The Balaban J connectivity index is 1.09. The van der Waals surface area contributed by atoms with Crippen LogP contribution in [0.3, 0.4) is 0 Å². The van der Waals surface area contributed by atoms with Crippen LogP contribution in [0, 0.1) is 0 Å². The highest BCUT2D eigenvalue weighted by molar-refractivity contribution is 5.89. The quantitative estimate of drug-likeness (QED) is 0.0531. The highest BCUT2D eigenvalue weighted by Gasteiger charge is 2.59. The van der Waals surface area contributed by atoms with E-state index in [0.29, 0.717) is 5.56 Å². The second-order valence-electron chi connectivity index (χ2n) is 18.8. The van der Waals surface area contributed by atoms with Crippen molar-refractivity contribution in [3.63, 3.8) is 0 Å². The van der Waals surface area contributed by atoms with E-state index >= 15 is 0 Å². The third-order valence-electron chi connectivity index (χ3n) is 14.6. The predicted octanol–water partition coefficient (Wildman–Crippen LogP) is 0.153. The molecule has 0 radical (unpaired) electrons. The number of esters is 1. The van der Waals surface area contributed by atoms with E-state index in [1.54, 1.807) is 30.3 Å². The van der Waals surface area contributed by atoms with Crippen LogP contribution in [0.1, 0.15) is 10.4 Å². The molecule has 25 atom stereocenters. The Morgan fingerprint density at radius 2 is 0.896 bits per heavy atom. The Labute approximate surface area is 447 Å². The van der Waals surface area contributed by atoms with E-state index in [-0.39, 0.29) is 33.0 Å². The molecule has 77 heavy (non-hydrogen) atoms. The molecule has 28 nitrogen and oxygen atoms in total. The van der Waals surface area contributed by atoms with Gasteiger partial charge in [-0.05, 0) is 17.7 Å². The zero-order valence-corrected chi connectivity index (χ0v) is 45.4. The average Bonchev–Trinajstić information content (AvgIpc) is 3.90. The van der Waals surface area contributed by atoms with Crippen molar-refractivity contribution in [2.45, 2.75) is 153 Å². The summed E-state index contributed by atoms with van der Waals surface area (Å²) in [6.45, 7) is -0.257. The number of methoxy groups -OCH3 is 12. The molecular weight excluding hydrogens is 1030 g/mol. The normalized spacial score (nSPS) is 42.2. The van der Waals surface area contributed by atoms with Crippen LogP contribution >= 0.6 is 0 Å². The van der Waals surface area contributed by atoms with Gasteiger partial charge in [0.15, 0.2) is 31.5 Å². The maximum Gasteiger partial charge on any atom is 0.338 e. The topological polar surface area (TPSA) is 298 Å². The van der Waals surface area contributed by atoms with Crippen molar-refractivity contribution in [2.75, 3.05) is 118 Å². The Kier molecular flexibility index (Phi) is 23.8. The van der Waals surface area contributed by atoms with Gasteiger partial charge in [0.05, 0.1) is 38.1 Å². The summed E-state index contributed by atoms with van der Waals surface area (Å²) in [6, 6.07) is 7.56. The minimum atomic E-state index is -1.29. The minimum absolute atomic E-state index is 0.00108. The van der Waals surface area contributed by atoms with Gasteiger partial charge in [-0.25, -0.2) is 4.79 Å². The summed E-state index contributed by atoms with van der Waals surface area (Å²) in [7, 11) is 17.7. The van der Waals surface area contributed by atoms with E-state index in [9.17, 15) is 15.4 Å². The van der Waals surface area contributed by atoms with Crippen LogP contribution in [0.4, 0.5) is 0 Å². The van der Waals surface area contributed by atoms with Crippen LogP contribution in [0.2, 0.25) is 0 Å². The van der Waals surface area contributed by atoms with Crippen LogP contribution in [-0.2, 0) is 109 Å². The Morgan fingerprint density at radius 3 is 1.29 bits per heavy atom. The van der Waals surface area contributed by atoms with Crippen molar-refractivity contribution in [2.24, 2.45) is 5.11 Å². The third-order valence-corrected chi connectivity index (χ3v) is 14.6. The highest BCUT2D eigenvalue weighted by Crippen LogP contribution is 2.40. The number of aliphatic hydroxyl groups excluding tert-OH is 1. The molecule has 0 aliphatic carbocycles. The van der Waals surface area contributed by atoms with Crippen molar-refractivity contribution in [1.82, 2.24) is 0 Å². The number of benzene rings is 1. The van der Waals surface area contributed by atoms with Gasteiger partial charge < -0.3 is 114 Å². The Morgan fingerprint density at radius 1 is 0.506 bits per heavy atom.